The maximum Gasteiger partial charge on any atom is 0.0700 e. The SMILES string of the molecule is COCCOCCCNCc1ccccc1. The minimum absolute atomic E-state index is 0.678. The molecule has 0 atom stereocenters. The summed E-state index contributed by atoms with van der Waals surface area (Å²) < 4.78 is 10.2. The smallest absolute Gasteiger partial charge is 0.0700 e. The zero-order chi connectivity index (χ0) is 11.5. The Morgan fingerprint density at radius 3 is 2.62 bits per heavy atom. The molecule has 0 aliphatic rings. The maximum absolute atomic E-state index is 5.36. The molecule has 0 bridgehead atoms. The fourth-order valence-electron chi connectivity index (χ4n) is 1.37. The fraction of sp³-hybridized carbons (Fsp3) is 0.538. The molecule has 1 aromatic rings. The molecule has 3 heteroatoms. The van der Waals surface area contributed by atoms with E-state index in [9.17, 15) is 0 Å². The molecule has 0 spiro atoms. The molecule has 0 aliphatic heterocycles. The van der Waals surface area contributed by atoms with Crippen molar-refractivity contribution in [3.05, 3.63) is 35.9 Å². The van der Waals surface area contributed by atoms with E-state index in [1.54, 1.807) is 7.11 Å². The monoisotopic (exact) mass is 223 g/mol. The van der Waals surface area contributed by atoms with Crippen molar-refractivity contribution in [2.75, 3.05) is 33.5 Å². The molecule has 0 unspecified atom stereocenters. The first kappa shape index (κ1) is 13.2. The van der Waals surface area contributed by atoms with Gasteiger partial charge in [0.15, 0.2) is 0 Å². The number of methoxy groups -OCH3 is 1. The van der Waals surface area contributed by atoms with Crippen molar-refractivity contribution >= 4 is 0 Å². The van der Waals surface area contributed by atoms with Crippen LogP contribution >= 0.6 is 0 Å². The summed E-state index contributed by atoms with van der Waals surface area (Å²) in [5.41, 5.74) is 1.32. The Morgan fingerprint density at radius 1 is 1.06 bits per heavy atom. The molecule has 0 aromatic heterocycles. The van der Waals surface area contributed by atoms with Crippen molar-refractivity contribution < 1.29 is 9.47 Å². The van der Waals surface area contributed by atoms with Crippen LogP contribution in [0.25, 0.3) is 0 Å². The molecule has 1 rings (SSSR count). The minimum Gasteiger partial charge on any atom is -0.382 e. The van der Waals surface area contributed by atoms with Crippen molar-refractivity contribution in [1.82, 2.24) is 5.32 Å². The standard InChI is InChI=1S/C13H21NO2/c1-15-10-11-16-9-5-8-14-12-13-6-3-2-4-7-13/h2-4,6-7,14H,5,8-12H2,1H3. The largest absolute Gasteiger partial charge is 0.382 e. The van der Waals surface area contributed by atoms with Crippen LogP contribution in [0.4, 0.5) is 0 Å². The summed E-state index contributed by atoms with van der Waals surface area (Å²) in [7, 11) is 1.69. The highest BCUT2D eigenvalue weighted by molar-refractivity contribution is 5.14. The first-order valence-corrected chi connectivity index (χ1v) is 5.75. The van der Waals surface area contributed by atoms with Crippen molar-refractivity contribution in [1.29, 1.82) is 0 Å². The van der Waals surface area contributed by atoms with Gasteiger partial charge in [-0.3, -0.25) is 0 Å². The number of nitrogens with one attached hydrogen (secondary N) is 1. The van der Waals surface area contributed by atoms with Crippen molar-refractivity contribution in [2.45, 2.75) is 13.0 Å². The van der Waals surface area contributed by atoms with Gasteiger partial charge in [0.25, 0.3) is 0 Å². The summed E-state index contributed by atoms with van der Waals surface area (Å²) in [5, 5.41) is 3.38. The molecule has 0 heterocycles. The zero-order valence-electron chi connectivity index (χ0n) is 9.95. The summed E-state index contributed by atoms with van der Waals surface area (Å²) in [6.45, 7) is 4.08. The van der Waals surface area contributed by atoms with Crippen molar-refractivity contribution in [3.8, 4) is 0 Å². The van der Waals surface area contributed by atoms with Gasteiger partial charge >= 0.3 is 0 Å². The summed E-state index contributed by atoms with van der Waals surface area (Å²) in [4.78, 5) is 0. The Labute approximate surface area is 97.8 Å². The van der Waals surface area contributed by atoms with Gasteiger partial charge in [-0.2, -0.15) is 0 Å². The van der Waals surface area contributed by atoms with Crippen molar-refractivity contribution in [2.24, 2.45) is 0 Å². The summed E-state index contributed by atoms with van der Waals surface area (Å²) in [6, 6.07) is 10.4. The van der Waals surface area contributed by atoms with Crippen LogP contribution < -0.4 is 5.32 Å². The third kappa shape index (κ3) is 6.56. The van der Waals surface area contributed by atoms with Crippen LogP contribution in [0, 0.1) is 0 Å². The third-order valence-electron chi connectivity index (χ3n) is 2.25. The molecule has 90 valence electrons. The molecule has 0 saturated heterocycles. The average molecular weight is 223 g/mol. The average Bonchev–Trinajstić information content (AvgIpc) is 2.34. The molecule has 3 nitrogen and oxygen atoms in total. The highest BCUT2D eigenvalue weighted by Crippen LogP contribution is 1.96. The lowest BCUT2D eigenvalue weighted by molar-refractivity contribution is 0.0695. The van der Waals surface area contributed by atoms with E-state index in [2.05, 4.69) is 29.6 Å². The van der Waals surface area contributed by atoms with E-state index in [4.69, 9.17) is 9.47 Å². The summed E-state index contributed by atoms with van der Waals surface area (Å²) in [6.07, 6.45) is 1.04. The maximum atomic E-state index is 5.36. The van der Waals surface area contributed by atoms with Gasteiger partial charge in [-0.25, -0.2) is 0 Å². The Hall–Kier alpha value is -0.900. The molecule has 0 aliphatic carbocycles. The van der Waals surface area contributed by atoms with Gasteiger partial charge in [0.1, 0.15) is 0 Å². The molecule has 1 N–H and O–H groups in total. The van der Waals surface area contributed by atoms with E-state index in [0.717, 1.165) is 26.1 Å². The predicted octanol–water partition coefficient (Wildman–Crippen LogP) is 1.83. The summed E-state index contributed by atoms with van der Waals surface area (Å²) >= 11 is 0. The lowest BCUT2D eigenvalue weighted by Crippen LogP contribution is -2.16. The highest BCUT2D eigenvalue weighted by Gasteiger charge is 1.91. The Balaban J connectivity index is 1.89. The Morgan fingerprint density at radius 2 is 1.88 bits per heavy atom. The van der Waals surface area contributed by atoms with Gasteiger partial charge in [-0.05, 0) is 18.5 Å². The van der Waals surface area contributed by atoms with Gasteiger partial charge in [0, 0.05) is 20.3 Å². The number of hydrogen-bond donors (Lipinski definition) is 1. The normalized spacial score (nSPS) is 10.6. The number of ether oxygens (including phenoxy) is 2. The Bertz CT molecular complexity index is 251. The topological polar surface area (TPSA) is 30.5 Å². The molecule has 0 amide bonds. The number of rotatable bonds is 9. The molecule has 1 aromatic carbocycles. The number of hydrogen-bond acceptors (Lipinski definition) is 3. The molecule has 0 radical (unpaired) electrons. The van der Waals surface area contributed by atoms with Crippen LogP contribution in [0.2, 0.25) is 0 Å². The van der Waals surface area contributed by atoms with Crippen LogP contribution in [0.5, 0.6) is 0 Å². The van der Waals surface area contributed by atoms with Crippen LogP contribution in [0.1, 0.15) is 12.0 Å². The van der Waals surface area contributed by atoms with E-state index in [0.29, 0.717) is 13.2 Å². The third-order valence-corrected chi connectivity index (χ3v) is 2.25. The van der Waals surface area contributed by atoms with Gasteiger partial charge in [-0.15, -0.1) is 0 Å². The van der Waals surface area contributed by atoms with Crippen LogP contribution in [0.15, 0.2) is 30.3 Å². The lowest BCUT2D eigenvalue weighted by Gasteiger charge is -2.05. The minimum atomic E-state index is 0.678. The van der Waals surface area contributed by atoms with Crippen LogP contribution in [0.3, 0.4) is 0 Å². The molecular weight excluding hydrogens is 202 g/mol. The first-order valence-electron chi connectivity index (χ1n) is 5.75. The molecule has 16 heavy (non-hydrogen) atoms. The van der Waals surface area contributed by atoms with E-state index >= 15 is 0 Å². The van der Waals surface area contributed by atoms with Crippen LogP contribution in [-0.4, -0.2) is 33.5 Å². The van der Waals surface area contributed by atoms with Gasteiger partial charge in [0.2, 0.25) is 0 Å². The quantitative estimate of drug-likeness (QED) is 0.648. The second-order valence-corrected chi connectivity index (χ2v) is 3.62. The second kappa shape index (κ2) is 9.33. The van der Waals surface area contributed by atoms with E-state index < -0.39 is 0 Å². The van der Waals surface area contributed by atoms with E-state index in [-0.39, 0.29) is 0 Å². The van der Waals surface area contributed by atoms with E-state index in [1.807, 2.05) is 6.07 Å². The lowest BCUT2D eigenvalue weighted by atomic mass is 10.2. The molecule has 0 saturated carbocycles. The first-order chi connectivity index (χ1) is 7.93. The van der Waals surface area contributed by atoms with Gasteiger partial charge in [-0.1, -0.05) is 30.3 Å². The zero-order valence-corrected chi connectivity index (χ0v) is 9.95. The van der Waals surface area contributed by atoms with Gasteiger partial charge < -0.3 is 14.8 Å². The highest BCUT2D eigenvalue weighted by atomic mass is 16.5. The van der Waals surface area contributed by atoms with Gasteiger partial charge in [0.05, 0.1) is 13.2 Å². The molecule has 0 fully saturated rings. The number of benzene rings is 1. The molecular formula is C13H21NO2. The Kier molecular flexibility index (Phi) is 7.68. The predicted molar refractivity (Wildman–Crippen MR) is 65.5 cm³/mol. The summed E-state index contributed by atoms with van der Waals surface area (Å²) in [5.74, 6) is 0. The fourth-order valence-corrected chi connectivity index (χ4v) is 1.37. The van der Waals surface area contributed by atoms with E-state index in [1.165, 1.54) is 5.56 Å². The second-order valence-electron chi connectivity index (χ2n) is 3.62. The van der Waals surface area contributed by atoms with Crippen molar-refractivity contribution in [3.63, 3.8) is 0 Å². The van der Waals surface area contributed by atoms with Crippen LogP contribution in [-0.2, 0) is 16.0 Å².